The number of amides is 3. The molecule has 0 aliphatic carbocycles. The number of anilines is 1. The molecule has 0 saturated heterocycles. The molecule has 0 spiro atoms. The summed E-state index contributed by atoms with van der Waals surface area (Å²) in [7, 11) is 0. The van der Waals surface area contributed by atoms with Gasteiger partial charge in [-0.05, 0) is 12.8 Å². The quantitative estimate of drug-likeness (QED) is 0.812. The van der Waals surface area contributed by atoms with Crippen molar-refractivity contribution in [3.63, 3.8) is 0 Å². The number of hydrogen-bond donors (Lipinski definition) is 2. The van der Waals surface area contributed by atoms with Gasteiger partial charge in [0.05, 0.1) is 17.0 Å². The van der Waals surface area contributed by atoms with Gasteiger partial charge in [-0.15, -0.1) is 0 Å². The van der Waals surface area contributed by atoms with Crippen molar-refractivity contribution in [1.82, 2.24) is 15.1 Å². The Hall–Kier alpha value is -2.77. The van der Waals surface area contributed by atoms with Crippen LogP contribution in [0.2, 0.25) is 0 Å². The van der Waals surface area contributed by atoms with Gasteiger partial charge in [0.1, 0.15) is 5.82 Å². The molecule has 1 aliphatic rings. The van der Waals surface area contributed by atoms with Crippen molar-refractivity contribution in [2.45, 2.75) is 47.0 Å². The molecule has 0 atom stereocenters. The number of carbonyl (C=O) groups is 2. The predicted octanol–water partition coefficient (Wildman–Crippen LogP) is 2.72. The Labute approximate surface area is 153 Å². The lowest BCUT2D eigenvalue weighted by Gasteiger charge is -2.14. The zero-order valence-corrected chi connectivity index (χ0v) is 16.2. The summed E-state index contributed by atoms with van der Waals surface area (Å²) in [6.45, 7) is 15.9. The number of hydrogen-bond acceptors (Lipinski definition) is 4. The van der Waals surface area contributed by atoms with Crippen molar-refractivity contribution in [1.29, 1.82) is 0 Å². The Morgan fingerprint density at radius 3 is 2.50 bits per heavy atom. The molecule has 0 bridgehead atoms. The first-order valence-corrected chi connectivity index (χ1v) is 8.52. The second-order valence-corrected chi connectivity index (χ2v) is 7.70. The second-order valence-electron chi connectivity index (χ2n) is 7.70. The highest BCUT2D eigenvalue weighted by Crippen LogP contribution is 2.24. The summed E-state index contributed by atoms with van der Waals surface area (Å²) < 4.78 is 1.38. The van der Waals surface area contributed by atoms with Crippen LogP contribution in [0.25, 0.3) is 0 Å². The Bertz CT molecular complexity index is 808. The number of nitrogens with zero attached hydrogens (tertiary/aromatic N) is 4. The van der Waals surface area contributed by atoms with Crippen LogP contribution in [0.5, 0.6) is 0 Å². The normalized spacial score (nSPS) is 15.0. The molecule has 26 heavy (non-hydrogen) atoms. The van der Waals surface area contributed by atoms with Crippen LogP contribution in [-0.2, 0) is 10.2 Å². The summed E-state index contributed by atoms with van der Waals surface area (Å²) >= 11 is 0. The van der Waals surface area contributed by atoms with Crippen molar-refractivity contribution in [2.24, 2.45) is 15.9 Å². The van der Waals surface area contributed by atoms with E-state index in [9.17, 15) is 9.59 Å². The van der Waals surface area contributed by atoms with Crippen LogP contribution in [-0.4, -0.2) is 39.9 Å². The molecule has 0 radical (unpaired) electrons. The van der Waals surface area contributed by atoms with E-state index >= 15 is 0 Å². The Morgan fingerprint density at radius 2 is 1.96 bits per heavy atom. The third kappa shape index (κ3) is 4.44. The maximum absolute atomic E-state index is 12.2. The standard InChI is InChI=1S/C18H26N6O2/c1-10(2)9-19-17(26)21-14-8-13(18(5,6)7)23-24(14)16-20-12(4)11(3)15(25)22-16/h8,10H,3,9H2,1-2,4-7H3,(H2,19,21,26). The average Bonchev–Trinajstić information content (AvgIpc) is 2.94. The number of aromatic nitrogens is 2. The second kappa shape index (κ2) is 7.23. The minimum Gasteiger partial charge on any atom is -0.338 e. The molecule has 0 saturated carbocycles. The zero-order valence-electron chi connectivity index (χ0n) is 16.2. The first-order chi connectivity index (χ1) is 12.0. The third-order valence-corrected chi connectivity index (χ3v) is 3.74. The highest BCUT2D eigenvalue weighted by molar-refractivity contribution is 6.27. The summed E-state index contributed by atoms with van der Waals surface area (Å²) in [6.07, 6.45) is 0. The van der Waals surface area contributed by atoms with Crippen molar-refractivity contribution >= 4 is 29.4 Å². The van der Waals surface area contributed by atoms with Gasteiger partial charge in [0, 0.05) is 18.0 Å². The summed E-state index contributed by atoms with van der Waals surface area (Å²) in [5, 5.41) is 10.1. The van der Waals surface area contributed by atoms with Crippen molar-refractivity contribution in [3.05, 3.63) is 23.9 Å². The summed E-state index contributed by atoms with van der Waals surface area (Å²) in [5.74, 6) is 0.367. The average molecular weight is 358 g/mol. The maximum Gasteiger partial charge on any atom is 0.320 e. The number of carbonyl (C=O) groups excluding carboxylic acids is 2. The molecule has 2 heterocycles. The number of urea groups is 1. The highest BCUT2D eigenvalue weighted by atomic mass is 16.2. The maximum atomic E-state index is 12.2. The van der Waals surface area contributed by atoms with E-state index in [2.05, 4.69) is 32.3 Å². The molecule has 8 heteroatoms. The largest absolute Gasteiger partial charge is 0.338 e. The fourth-order valence-corrected chi connectivity index (χ4v) is 2.10. The topological polar surface area (TPSA) is 101 Å². The van der Waals surface area contributed by atoms with Gasteiger partial charge >= 0.3 is 6.03 Å². The van der Waals surface area contributed by atoms with Crippen molar-refractivity contribution in [3.8, 4) is 0 Å². The molecule has 0 unspecified atom stereocenters. The molecule has 8 nitrogen and oxygen atoms in total. The first kappa shape index (κ1) is 19.6. The Kier molecular flexibility index (Phi) is 5.44. The molecule has 1 aromatic rings. The molecule has 1 aromatic heterocycles. The third-order valence-electron chi connectivity index (χ3n) is 3.74. The van der Waals surface area contributed by atoms with E-state index in [1.165, 1.54) is 4.68 Å². The van der Waals surface area contributed by atoms with Crippen molar-refractivity contribution < 1.29 is 9.59 Å². The fourth-order valence-electron chi connectivity index (χ4n) is 2.10. The van der Waals surface area contributed by atoms with Gasteiger partial charge in [-0.1, -0.05) is 41.2 Å². The summed E-state index contributed by atoms with van der Waals surface area (Å²) in [6, 6.07) is 1.41. The smallest absolute Gasteiger partial charge is 0.320 e. The Balaban J connectivity index is 2.40. The molecular weight excluding hydrogens is 332 g/mol. The molecule has 2 N–H and O–H groups in total. The van der Waals surface area contributed by atoms with Crippen LogP contribution in [0.15, 0.2) is 28.2 Å². The lowest BCUT2D eigenvalue weighted by Crippen LogP contribution is -2.33. The van der Waals surface area contributed by atoms with E-state index in [4.69, 9.17) is 0 Å². The van der Waals surface area contributed by atoms with Gasteiger partial charge in [-0.2, -0.15) is 14.8 Å². The van der Waals surface area contributed by atoms with Gasteiger partial charge in [0.25, 0.3) is 11.9 Å². The molecule has 0 fully saturated rings. The molecule has 2 rings (SSSR count). The first-order valence-electron chi connectivity index (χ1n) is 8.52. The monoisotopic (exact) mass is 358 g/mol. The van der Waals surface area contributed by atoms with E-state index in [0.717, 1.165) is 5.69 Å². The van der Waals surface area contributed by atoms with Gasteiger partial charge in [-0.25, -0.2) is 9.79 Å². The number of nitrogens with one attached hydrogen (secondary N) is 2. The van der Waals surface area contributed by atoms with E-state index in [-0.39, 0.29) is 23.0 Å². The van der Waals surface area contributed by atoms with Gasteiger partial charge < -0.3 is 5.32 Å². The van der Waals surface area contributed by atoms with Crippen LogP contribution in [0.1, 0.15) is 47.2 Å². The Morgan fingerprint density at radius 1 is 1.31 bits per heavy atom. The minimum absolute atomic E-state index is 0.106. The van der Waals surface area contributed by atoms with E-state index < -0.39 is 5.91 Å². The fraction of sp³-hybridized carbons (Fsp3) is 0.500. The van der Waals surface area contributed by atoms with Crippen LogP contribution in [0.4, 0.5) is 10.6 Å². The SMILES string of the molecule is C=C1C(=O)N=C(n2nc(C(C)(C)C)cc2NC(=O)NCC(C)C)N=C1C. The predicted molar refractivity (Wildman–Crippen MR) is 103 cm³/mol. The number of aliphatic imine (C=N–C) groups is 2. The molecule has 140 valence electrons. The van der Waals surface area contributed by atoms with Gasteiger partial charge in [-0.3, -0.25) is 10.1 Å². The van der Waals surface area contributed by atoms with E-state index in [0.29, 0.717) is 24.0 Å². The van der Waals surface area contributed by atoms with Gasteiger partial charge in [0.2, 0.25) is 0 Å². The van der Waals surface area contributed by atoms with Crippen LogP contribution >= 0.6 is 0 Å². The number of rotatable bonds is 3. The minimum atomic E-state index is -0.462. The lowest BCUT2D eigenvalue weighted by molar-refractivity contribution is -0.113. The molecule has 3 amide bonds. The van der Waals surface area contributed by atoms with Crippen LogP contribution in [0.3, 0.4) is 0 Å². The molecule has 0 aromatic carbocycles. The van der Waals surface area contributed by atoms with Gasteiger partial charge in [0.15, 0.2) is 0 Å². The summed E-state index contributed by atoms with van der Waals surface area (Å²) in [5.41, 5.74) is 1.21. The highest BCUT2D eigenvalue weighted by Gasteiger charge is 2.25. The van der Waals surface area contributed by atoms with E-state index in [1.807, 2.05) is 34.6 Å². The van der Waals surface area contributed by atoms with Crippen molar-refractivity contribution in [2.75, 3.05) is 11.9 Å². The van der Waals surface area contributed by atoms with E-state index in [1.54, 1.807) is 13.0 Å². The molecule has 1 aliphatic heterocycles. The van der Waals surface area contributed by atoms with Crippen LogP contribution in [0, 0.1) is 5.92 Å². The molecular formula is C18H26N6O2. The summed E-state index contributed by atoms with van der Waals surface area (Å²) in [4.78, 5) is 32.4. The van der Waals surface area contributed by atoms with Crippen LogP contribution < -0.4 is 10.6 Å². The lowest BCUT2D eigenvalue weighted by atomic mass is 9.92. The zero-order chi connectivity index (χ0) is 19.6.